The summed E-state index contributed by atoms with van der Waals surface area (Å²) in [6.07, 6.45) is 4.50. The average Bonchev–Trinajstić information content (AvgIpc) is 3.19. The van der Waals surface area contributed by atoms with Gasteiger partial charge in [-0.25, -0.2) is 0 Å². The van der Waals surface area contributed by atoms with E-state index in [2.05, 4.69) is 20.4 Å². The fraction of sp³-hybridized carbons (Fsp3) is 0.100. The van der Waals surface area contributed by atoms with Crippen LogP contribution in [-0.4, -0.2) is 28.3 Å². The molecule has 0 atom stereocenters. The Bertz CT molecular complexity index is 1040. The molecule has 27 heavy (non-hydrogen) atoms. The molecule has 6 nitrogen and oxygen atoms in total. The summed E-state index contributed by atoms with van der Waals surface area (Å²) in [7, 11) is 0. The van der Waals surface area contributed by atoms with Crippen LogP contribution >= 0.6 is 11.6 Å². The molecule has 4 rings (SSSR count). The second-order valence-corrected chi connectivity index (χ2v) is 6.30. The average molecular weight is 379 g/mol. The van der Waals surface area contributed by atoms with E-state index >= 15 is 0 Å². The van der Waals surface area contributed by atoms with Crippen molar-refractivity contribution in [2.45, 2.75) is 6.42 Å². The zero-order chi connectivity index (χ0) is 18.6. The Kier molecular flexibility index (Phi) is 4.80. The number of carbonyl (C=O) groups excluding carboxylic acids is 1. The van der Waals surface area contributed by atoms with E-state index in [1.807, 2.05) is 36.4 Å². The second kappa shape index (κ2) is 7.55. The van der Waals surface area contributed by atoms with Crippen LogP contribution < -0.4 is 5.32 Å². The number of dihydropyridines is 1. The monoisotopic (exact) mass is 378 g/mol. The molecule has 0 unspecified atom stereocenters. The van der Waals surface area contributed by atoms with Crippen LogP contribution in [0, 0.1) is 0 Å². The Balaban J connectivity index is 1.54. The molecule has 2 heterocycles. The highest BCUT2D eigenvalue weighted by Gasteiger charge is 2.15. The van der Waals surface area contributed by atoms with Crippen LogP contribution in [0.5, 0.6) is 0 Å². The predicted octanol–water partition coefficient (Wildman–Crippen LogP) is 4.40. The lowest BCUT2D eigenvalue weighted by Crippen LogP contribution is -2.22. The van der Waals surface area contributed by atoms with Crippen molar-refractivity contribution in [3.63, 3.8) is 0 Å². The second-order valence-electron chi connectivity index (χ2n) is 5.90. The molecule has 2 aromatic carbocycles. The number of aliphatic imine (C=N–C) groups is 1. The minimum Gasteiger partial charge on any atom is -0.334 e. The molecule has 0 fully saturated rings. The molecular weight excluding hydrogens is 364 g/mol. The Morgan fingerprint density at radius 1 is 1.15 bits per heavy atom. The number of nitrogens with zero attached hydrogens (tertiary/aromatic N) is 3. The minimum absolute atomic E-state index is 0.263. The van der Waals surface area contributed by atoms with E-state index in [1.54, 1.807) is 24.3 Å². The van der Waals surface area contributed by atoms with Gasteiger partial charge in [-0.1, -0.05) is 41.0 Å². The summed E-state index contributed by atoms with van der Waals surface area (Å²) in [4.78, 5) is 20.8. The van der Waals surface area contributed by atoms with Gasteiger partial charge >= 0.3 is 0 Å². The van der Waals surface area contributed by atoms with Crippen LogP contribution in [0.1, 0.15) is 6.42 Å². The van der Waals surface area contributed by atoms with Gasteiger partial charge in [-0.05, 0) is 42.8 Å². The number of hydrogen-bond donors (Lipinski definition) is 1. The molecule has 1 aliphatic heterocycles. The number of aromatic nitrogens is 2. The largest absolute Gasteiger partial charge is 0.334 e. The fourth-order valence-electron chi connectivity index (χ4n) is 2.65. The highest BCUT2D eigenvalue weighted by molar-refractivity contribution is 6.47. The van der Waals surface area contributed by atoms with Crippen LogP contribution in [0.25, 0.3) is 22.8 Å². The zero-order valence-corrected chi connectivity index (χ0v) is 15.0. The first-order chi connectivity index (χ1) is 13.2. The summed E-state index contributed by atoms with van der Waals surface area (Å²) in [5.41, 5.74) is 2.43. The number of nitrogens with one attached hydrogen (secondary N) is 1. The highest BCUT2D eigenvalue weighted by Crippen LogP contribution is 2.30. The number of anilines is 1. The summed E-state index contributed by atoms with van der Waals surface area (Å²) < 4.78 is 5.32. The van der Waals surface area contributed by atoms with Gasteiger partial charge in [0.1, 0.15) is 5.71 Å². The van der Waals surface area contributed by atoms with Crippen molar-refractivity contribution in [3.05, 3.63) is 65.7 Å². The molecule has 134 valence electrons. The van der Waals surface area contributed by atoms with E-state index in [-0.39, 0.29) is 5.91 Å². The van der Waals surface area contributed by atoms with Crippen molar-refractivity contribution < 1.29 is 9.32 Å². The van der Waals surface area contributed by atoms with Crippen LogP contribution in [-0.2, 0) is 4.79 Å². The molecule has 3 aromatic rings. The van der Waals surface area contributed by atoms with Gasteiger partial charge in [0.15, 0.2) is 0 Å². The van der Waals surface area contributed by atoms with Gasteiger partial charge in [0.05, 0.1) is 5.02 Å². The number of hydrogen-bond acceptors (Lipinski definition) is 5. The maximum Gasteiger partial charge on any atom is 0.273 e. The van der Waals surface area contributed by atoms with Gasteiger partial charge in [-0.2, -0.15) is 4.98 Å². The van der Waals surface area contributed by atoms with Crippen LogP contribution in [0.15, 0.2) is 70.2 Å². The van der Waals surface area contributed by atoms with Crippen LogP contribution in [0.4, 0.5) is 5.69 Å². The van der Waals surface area contributed by atoms with Gasteiger partial charge in [-0.3, -0.25) is 9.79 Å². The first kappa shape index (κ1) is 17.2. The van der Waals surface area contributed by atoms with Crippen molar-refractivity contribution >= 4 is 28.9 Å². The van der Waals surface area contributed by atoms with Crippen LogP contribution in [0.2, 0.25) is 5.02 Å². The third-order valence-corrected chi connectivity index (χ3v) is 4.31. The summed E-state index contributed by atoms with van der Waals surface area (Å²) in [6.45, 7) is 0.626. The first-order valence-corrected chi connectivity index (χ1v) is 8.80. The van der Waals surface area contributed by atoms with E-state index in [1.165, 1.54) is 0 Å². The Hall–Kier alpha value is -3.25. The molecule has 0 bridgehead atoms. The summed E-state index contributed by atoms with van der Waals surface area (Å²) in [5, 5.41) is 7.21. The summed E-state index contributed by atoms with van der Waals surface area (Å²) in [6, 6.07) is 14.6. The van der Waals surface area contributed by atoms with Crippen molar-refractivity contribution in [2.75, 3.05) is 11.9 Å². The molecule has 1 aromatic heterocycles. The molecular formula is C20H15ClN4O2. The molecule has 0 saturated carbocycles. The summed E-state index contributed by atoms with van der Waals surface area (Å²) >= 11 is 6.37. The molecule has 0 radical (unpaired) electrons. The topological polar surface area (TPSA) is 80.4 Å². The molecule has 7 heteroatoms. The van der Waals surface area contributed by atoms with Crippen molar-refractivity contribution in [1.29, 1.82) is 0 Å². The predicted molar refractivity (Wildman–Crippen MR) is 105 cm³/mol. The van der Waals surface area contributed by atoms with Gasteiger partial charge in [-0.15, -0.1) is 0 Å². The summed E-state index contributed by atoms with van der Waals surface area (Å²) in [5.74, 6) is 0.540. The number of halogens is 1. The van der Waals surface area contributed by atoms with E-state index in [9.17, 15) is 4.79 Å². The van der Waals surface area contributed by atoms with E-state index in [0.717, 1.165) is 12.0 Å². The number of benzene rings is 2. The van der Waals surface area contributed by atoms with Crippen molar-refractivity contribution in [2.24, 2.45) is 4.99 Å². The van der Waals surface area contributed by atoms with E-state index in [4.69, 9.17) is 16.1 Å². The Labute approximate surface area is 160 Å². The van der Waals surface area contributed by atoms with Crippen molar-refractivity contribution in [3.8, 4) is 22.8 Å². The number of amides is 1. The SMILES string of the molecule is O=C(Nc1ccc(-c2noc(-c3ccccc3)n2)c(Cl)c1)C1=NCCC=C1. The smallest absolute Gasteiger partial charge is 0.273 e. The Morgan fingerprint density at radius 2 is 2.00 bits per heavy atom. The van der Waals surface area contributed by atoms with Gasteiger partial charge in [0.2, 0.25) is 5.82 Å². The molecule has 0 aliphatic carbocycles. The fourth-order valence-corrected chi connectivity index (χ4v) is 2.92. The lowest BCUT2D eigenvalue weighted by Gasteiger charge is -2.09. The third kappa shape index (κ3) is 3.80. The number of carbonyl (C=O) groups is 1. The highest BCUT2D eigenvalue weighted by atomic mass is 35.5. The zero-order valence-electron chi connectivity index (χ0n) is 14.2. The van der Waals surface area contributed by atoms with E-state index in [0.29, 0.717) is 40.2 Å². The molecule has 0 saturated heterocycles. The van der Waals surface area contributed by atoms with E-state index < -0.39 is 0 Å². The van der Waals surface area contributed by atoms with Gasteiger partial charge < -0.3 is 9.84 Å². The van der Waals surface area contributed by atoms with Crippen LogP contribution in [0.3, 0.4) is 0 Å². The normalized spacial score (nSPS) is 13.3. The maximum absolute atomic E-state index is 12.2. The standard InChI is InChI=1S/C20H15ClN4O2/c21-16-12-14(23-19(26)17-8-4-5-11-22-17)9-10-15(16)18-24-20(27-25-18)13-6-2-1-3-7-13/h1-4,6-10,12H,5,11H2,(H,23,26). The first-order valence-electron chi connectivity index (χ1n) is 8.42. The minimum atomic E-state index is -0.263. The lowest BCUT2D eigenvalue weighted by molar-refractivity contribution is -0.110. The molecule has 1 N–H and O–H groups in total. The van der Waals surface area contributed by atoms with Crippen molar-refractivity contribution in [1.82, 2.24) is 10.1 Å². The maximum atomic E-state index is 12.2. The molecule has 1 aliphatic rings. The van der Waals surface area contributed by atoms with Gasteiger partial charge in [0.25, 0.3) is 11.8 Å². The molecule has 0 spiro atoms. The third-order valence-electron chi connectivity index (χ3n) is 4.00. The molecule has 1 amide bonds. The Morgan fingerprint density at radius 3 is 2.74 bits per heavy atom. The lowest BCUT2D eigenvalue weighted by atomic mass is 10.1. The quantitative estimate of drug-likeness (QED) is 0.729. The number of rotatable bonds is 4. The van der Waals surface area contributed by atoms with Gasteiger partial charge in [0, 0.05) is 23.4 Å².